The van der Waals surface area contributed by atoms with E-state index in [-0.39, 0.29) is 0 Å². The van der Waals surface area contributed by atoms with Gasteiger partial charge in [0, 0.05) is 19.1 Å². The molecule has 0 aromatic rings. The Balaban J connectivity index is 1.23. The van der Waals surface area contributed by atoms with Crippen molar-refractivity contribution in [2.75, 3.05) is 32.7 Å². The summed E-state index contributed by atoms with van der Waals surface area (Å²) in [6.45, 7) is 15.9. The summed E-state index contributed by atoms with van der Waals surface area (Å²) in [7, 11) is 0. The van der Waals surface area contributed by atoms with Crippen LogP contribution >= 0.6 is 0 Å². The Kier molecular flexibility index (Phi) is 7.22. The van der Waals surface area contributed by atoms with Crippen LogP contribution in [0.5, 0.6) is 0 Å². The van der Waals surface area contributed by atoms with E-state index in [1.165, 1.54) is 77.7 Å². The molecule has 2 saturated heterocycles. The van der Waals surface area contributed by atoms with Crippen molar-refractivity contribution in [1.29, 1.82) is 0 Å². The molecule has 2 heterocycles. The standard InChI is InChI=1S/C22H42N2O/c1-17(2)20-6-11-23(12-7-20)10-5-19-15-22(16-19)25-21-8-13-24(14-9-21)18(3)4/h17-22H,5-16H2,1-4H3. The summed E-state index contributed by atoms with van der Waals surface area (Å²) in [6, 6.07) is 0.694. The minimum Gasteiger partial charge on any atom is -0.375 e. The van der Waals surface area contributed by atoms with Crippen molar-refractivity contribution in [3.63, 3.8) is 0 Å². The first kappa shape index (κ1) is 19.6. The van der Waals surface area contributed by atoms with E-state index >= 15 is 0 Å². The van der Waals surface area contributed by atoms with Gasteiger partial charge in [0.05, 0.1) is 12.2 Å². The summed E-state index contributed by atoms with van der Waals surface area (Å²) in [4.78, 5) is 5.31. The summed E-state index contributed by atoms with van der Waals surface area (Å²) in [5.41, 5.74) is 0. The molecule has 25 heavy (non-hydrogen) atoms. The predicted octanol–water partition coefficient (Wildman–Crippen LogP) is 4.41. The lowest BCUT2D eigenvalue weighted by atomic mass is 9.79. The molecule has 0 aromatic carbocycles. The van der Waals surface area contributed by atoms with Crippen LogP contribution in [0.1, 0.15) is 72.6 Å². The van der Waals surface area contributed by atoms with E-state index in [1.807, 2.05) is 0 Å². The number of hydrogen-bond acceptors (Lipinski definition) is 3. The first-order valence-corrected chi connectivity index (χ1v) is 11.1. The van der Waals surface area contributed by atoms with Gasteiger partial charge in [-0.05, 0) is 96.2 Å². The zero-order valence-electron chi connectivity index (χ0n) is 17.3. The maximum absolute atomic E-state index is 6.38. The summed E-state index contributed by atoms with van der Waals surface area (Å²) >= 11 is 0. The molecule has 1 aliphatic carbocycles. The molecule has 0 radical (unpaired) electrons. The number of nitrogens with zero attached hydrogens (tertiary/aromatic N) is 2. The average molecular weight is 351 g/mol. The van der Waals surface area contributed by atoms with Crippen LogP contribution in [-0.2, 0) is 4.74 Å². The van der Waals surface area contributed by atoms with Crippen molar-refractivity contribution in [1.82, 2.24) is 9.80 Å². The van der Waals surface area contributed by atoms with E-state index in [9.17, 15) is 0 Å². The highest BCUT2D eigenvalue weighted by molar-refractivity contribution is 4.84. The summed E-state index contributed by atoms with van der Waals surface area (Å²) in [5.74, 6) is 2.78. The van der Waals surface area contributed by atoms with Gasteiger partial charge in [0.1, 0.15) is 0 Å². The molecule has 3 nitrogen and oxygen atoms in total. The van der Waals surface area contributed by atoms with Gasteiger partial charge in [0.15, 0.2) is 0 Å². The quantitative estimate of drug-likeness (QED) is 0.676. The molecular formula is C22H42N2O. The van der Waals surface area contributed by atoms with Gasteiger partial charge in [-0.25, -0.2) is 0 Å². The molecule has 146 valence electrons. The highest BCUT2D eigenvalue weighted by Crippen LogP contribution is 2.35. The smallest absolute Gasteiger partial charge is 0.0603 e. The van der Waals surface area contributed by atoms with Gasteiger partial charge in [-0.1, -0.05) is 13.8 Å². The Labute approximate surface area is 156 Å². The molecule has 3 rings (SSSR count). The van der Waals surface area contributed by atoms with Gasteiger partial charge in [-0.2, -0.15) is 0 Å². The summed E-state index contributed by atoms with van der Waals surface area (Å²) in [6.07, 6.45) is 10.5. The number of ether oxygens (including phenoxy) is 1. The zero-order chi connectivity index (χ0) is 17.8. The fourth-order valence-corrected chi connectivity index (χ4v) is 5.03. The molecule has 0 atom stereocenters. The predicted molar refractivity (Wildman–Crippen MR) is 106 cm³/mol. The Hall–Kier alpha value is -0.120. The van der Waals surface area contributed by atoms with Gasteiger partial charge < -0.3 is 14.5 Å². The molecule has 0 amide bonds. The van der Waals surface area contributed by atoms with E-state index in [4.69, 9.17) is 4.74 Å². The van der Waals surface area contributed by atoms with Crippen LogP contribution in [0, 0.1) is 17.8 Å². The van der Waals surface area contributed by atoms with Crippen LogP contribution in [0.2, 0.25) is 0 Å². The fourth-order valence-electron chi connectivity index (χ4n) is 5.03. The van der Waals surface area contributed by atoms with Crippen LogP contribution in [0.15, 0.2) is 0 Å². The van der Waals surface area contributed by atoms with Crippen LogP contribution in [0.25, 0.3) is 0 Å². The second kappa shape index (κ2) is 9.19. The van der Waals surface area contributed by atoms with Crippen LogP contribution < -0.4 is 0 Å². The summed E-state index contributed by atoms with van der Waals surface area (Å²) < 4.78 is 6.38. The maximum atomic E-state index is 6.38. The van der Waals surface area contributed by atoms with E-state index in [2.05, 4.69) is 37.5 Å². The Bertz CT molecular complexity index is 375. The largest absolute Gasteiger partial charge is 0.375 e. The van der Waals surface area contributed by atoms with Crippen molar-refractivity contribution in [2.45, 2.75) is 90.9 Å². The number of piperidine rings is 2. The molecule has 0 spiro atoms. The van der Waals surface area contributed by atoms with Crippen molar-refractivity contribution >= 4 is 0 Å². The van der Waals surface area contributed by atoms with Crippen molar-refractivity contribution in [3.05, 3.63) is 0 Å². The SMILES string of the molecule is CC(C)C1CCN(CCC2CC(OC3CCN(C(C)C)CC3)C2)CC1. The topological polar surface area (TPSA) is 15.7 Å². The molecule has 0 N–H and O–H groups in total. The molecule has 3 heteroatoms. The first-order valence-electron chi connectivity index (χ1n) is 11.1. The second-order valence-corrected chi connectivity index (χ2v) is 9.64. The van der Waals surface area contributed by atoms with Gasteiger partial charge in [0.2, 0.25) is 0 Å². The number of rotatable bonds is 7. The first-order chi connectivity index (χ1) is 12.0. The van der Waals surface area contributed by atoms with E-state index in [1.54, 1.807) is 0 Å². The zero-order valence-corrected chi connectivity index (χ0v) is 17.3. The van der Waals surface area contributed by atoms with Gasteiger partial charge >= 0.3 is 0 Å². The third kappa shape index (κ3) is 5.68. The molecule has 1 saturated carbocycles. The van der Waals surface area contributed by atoms with Gasteiger partial charge in [-0.3, -0.25) is 0 Å². The molecule has 0 bridgehead atoms. The third-order valence-corrected chi connectivity index (χ3v) is 7.21. The van der Waals surface area contributed by atoms with Crippen LogP contribution in [0.4, 0.5) is 0 Å². The fraction of sp³-hybridized carbons (Fsp3) is 1.00. The Morgan fingerprint density at radius 3 is 2.04 bits per heavy atom. The van der Waals surface area contributed by atoms with Crippen LogP contribution in [0.3, 0.4) is 0 Å². The van der Waals surface area contributed by atoms with E-state index < -0.39 is 0 Å². The number of likely N-dealkylation sites (tertiary alicyclic amines) is 2. The molecular weight excluding hydrogens is 308 g/mol. The lowest BCUT2D eigenvalue weighted by Gasteiger charge is -2.42. The molecule has 0 aromatic heterocycles. The molecule has 2 aliphatic heterocycles. The third-order valence-electron chi connectivity index (χ3n) is 7.21. The van der Waals surface area contributed by atoms with E-state index in [0.29, 0.717) is 18.2 Å². The molecule has 3 aliphatic rings. The molecule has 0 unspecified atom stereocenters. The number of hydrogen-bond donors (Lipinski definition) is 0. The lowest BCUT2D eigenvalue weighted by molar-refractivity contribution is -0.0975. The van der Waals surface area contributed by atoms with Crippen LogP contribution in [-0.4, -0.2) is 60.8 Å². The van der Waals surface area contributed by atoms with E-state index in [0.717, 1.165) is 17.8 Å². The van der Waals surface area contributed by atoms with Gasteiger partial charge in [-0.15, -0.1) is 0 Å². The highest BCUT2D eigenvalue weighted by Gasteiger charge is 2.33. The van der Waals surface area contributed by atoms with Crippen molar-refractivity contribution < 1.29 is 4.74 Å². The monoisotopic (exact) mass is 350 g/mol. The van der Waals surface area contributed by atoms with Gasteiger partial charge in [0.25, 0.3) is 0 Å². The minimum absolute atomic E-state index is 0.538. The lowest BCUT2D eigenvalue weighted by Crippen LogP contribution is -2.44. The Morgan fingerprint density at radius 2 is 1.48 bits per heavy atom. The maximum Gasteiger partial charge on any atom is 0.0603 e. The minimum atomic E-state index is 0.538. The average Bonchev–Trinajstić information content (AvgIpc) is 2.57. The second-order valence-electron chi connectivity index (χ2n) is 9.64. The molecule has 3 fully saturated rings. The Morgan fingerprint density at radius 1 is 0.840 bits per heavy atom. The normalized spacial score (nSPS) is 31.0. The summed E-state index contributed by atoms with van der Waals surface area (Å²) in [5, 5.41) is 0. The van der Waals surface area contributed by atoms with Crippen molar-refractivity contribution in [3.8, 4) is 0 Å². The highest BCUT2D eigenvalue weighted by atomic mass is 16.5. The van der Waals surface area contributed by atoms with Crippen molar-refractivity contribution in [2.24, 2.45) is 17.8 Å².